The fourth-order valence-electron chi connectivity index (χ4n) is 2.31. The number of fused-ring (bicyclic) bond motifs is 1. The number of hydrogen-bond acceptors (Lipinski definition) is 4. The minimum Gasteiger partial charge on any atom is -0.372 e. The number of aliphatic hydroxyl groups excluding tert-OH is 1. The summed E-state index contributed by atoms with van der Waals surface area (Å²) in [4.78, 5) is 6.59. The van der Waals surface area contributed by atoms with E-state index in [1.807, 2.05) is 6.07 Å². The van der Waals surface area contributed by atoms with Crippen molar-refractivity contribution in [3.8, 4) is 0 Å². The van der Waals surface area contributed by atoms with Crippen molar-refractivity contribution >= 4 is 16.9 Å². The number of hydrogen-bond donors (Lipinski definition) is 1. The van der Waals surface area contributed by atoms with Crippen LogP contribution in [0.4, 0.5) is 0 Å². The third kappa shape index (κ3) is 1.72. The summed E-state index contributed by atoms with van der Waals surface area (Å²) in [5.41, 5.74) is 1.27. The van der Waals surface area contributed by atoms with E-state index in [9.17, 15) is 5.11 Å². The lowest BCUT2D eigenvalue weighted by molar-refractivity contribution is 0.123. The first-order chi connectivity index (χ1) is 7.84. The second-order valence-electron chi connectivity index (χ2n) is 4.10. The van der Waals surface area contributed by atoms with Crippen molar-refractivity contribution in [3.63, 3.8) is 0 Å². The second kappa shape index (κ2) is 4.11. The normalized spacial score (nSPS) is 28.8. The molecule has 0 aliphatic carbocycles. The maximum atomic E-state index is 9.76. The van der Waals surface area contributed by atoms with Gasteiger partial charge in [-0.1, -0.05) is 42.1 Å². The van der Waals surface area contributed by atoms with Crippen LogP contribution in [0.3, 0.4) is 0 Å². The molecule has 1 aromatic carbocycles. The highest BCUT2D eigenvalue weighted by molar-refractivity contribution is 8.14. The van der Waals surface area contributed by atoms with Crippen molar-refractivity contribution in [2.45, 2.75) is 18.7 Å². The van der Waals surface area contributed by atoms with Crippen LogP contribution in [0.25, 0.3) is 0 Å². The predicted molar refractivity (Wildman–Crippen MR) is 66.4 cm³/mol. The summed E-state index contributed by atoms with van der Waals surface area (Å²) >= 11 is 1.74. The molecule has 0 bridgehead atoms. The van der Waals surface area contributed by atoms with Crippen LogP contribution < -0.4 is 0 Å². The molecule has 0 unspecified atom stereocenters. The average molecular weight is 234 g/mol. The lowest BCUT2D eigenvalue weighted by atomic mass is 10.0. The topological polar surface area (TPSA) is 35.8 Å². The zero-order valence-electron chi connectivity index (χ0n) is 8.91. The van der Waals surface area contributed by atoms with Gasteiger partial charge in [-0.3, -0.25) is 0 Å². The van der Waals surface area contributed by atoms with Crippen LogP contribution in [-0.2, 0) is 0 Å². The Morgan fingerprint density at radius 3 is 2.94 bits per heavy atom. The van der Waals surface area contributed by atoms with Crippen molar-refractivity contribution in [2.24, 2.45) is 4.99 Å². The zero-order valence-corrected chi connectivity index (χ0v) is 9.73. The molecule has 1 N–H and O–H groups in total. The van der Waals surface area contributed by atoms with E-state index in [0.29, 0.717) is 12.5 Å². The van der Waals surface area contributed by atoms with Crippen LogP contribution in [0.15, 0.2) is 35.3 Å². The third-order valence-corrected chi connectivity index (χ3v) is 4.05. The Morgan fingerprint density at radius 2 is 2.12 bits per heavy atom. The van der Waals surface area contributed by atoms with Gasteiger partial charge in [-0.2, -0.15) is 0 Å². The fraction of sp³-hybridized carbons (Fsp3) is 0.417. The van der Waals surface area contributed by atoms with Gasteiger partial charge in [0.1, 0.15) is 6.23 Å². The quantitative estimate of drug-likeness (QED) is 0.805. The molecule has 1 aromatic rings. The summed E-state index contributed by atoms with van der Waals surface area (Å²) in [7, 11) is 0. The summed E-state index contributed by atoms with van der Waals surface area (Å²) in [6.45, 7) is 1.04. The van der Waals surface area contributed by atoms with Crippen LogP contribution in [-0.4, -0.2) is 33.7 Å². The summed E-state index contributed by atoms with van der Waals surface area (Å²) in [5.74, 6) is 1.08. The molecular formula is C12H14N2OS. The summed E-state index contributed by atoms with van der Waals surface area (Å²) in [6.07, 6.45) is 0.163. The lowest BCUT2D eigenvalue weighted by Crippen LogP contribution is -2.36. The number of aliphatic imine (C=N–C) groups is 1. The second-order valence-corrected chi connectivity index (χ2v) is 5.16. The van der Waals surface area contributed by atoms with Gasteiger partial charge in [0, 0.05) is 18.7 Å². The largest absolute Gasteiger partial charge is 0.372 e. The van der Waals surface area contributed by atoms with Crippen LogP contribution in [0.1, 0.15) is 18.0 Å². The number of benzene rings is 1. The first-order valence-corrected chi connectivity index (χ1v) is 6.53. The van der Waals surface area contributed by atoms with E-state index in [2.05, 4.69) is 34.2 Å². The van der Waals surface area contributed by atoms with Gasteiger partial charge >= 0.3 is 0 Å². The van der Waals surface area contributed by atoms with Gasteiger partial charge in [0.05, 0.1) is 6.04 Å². The summed E-state index contributed by atoms with van der Waals surface area (Å²) in [6, 6.07) is 10.7. The molecule has 0 radical (unpaired) electrons. The molecule has 1 fully saturated rings. The van der Waals surface area contributed by atoms with E-state index in [0.717, 1.165) is 17.5 Å². The standard InChI is InChI=1S/C12H14N2OS/c15-11-8-10(9-4-2-1-3-5-9)14-6-7-16-12(14)13-11/h1-5,10-11,15H,6-8H2/t10-,11-/m0/s1. The van der Waals surface area contributed by atoms with Gasteiger partial charge in [0.15, 0.2) is 5.17 Å². The highest BCUT2D eigenvalue weighted by Crippen LogP contribution is 2.36. The van der Waals surface area contributed by atoms with Crippen LogP contribution in [0.5, 0.6) is 0 Å². The molecule has 2 atom stereocenters. The van der Waals surface area contributed by atoms with E-state index < -0.39 is 6.23 Å². The first kappa shape index (κ1) is 10.2. The SMILES string of the molecule is O[C@H]1C[C@@H](c2ccccc2)N2CCSC2=N1. The van der Waals surface area contributed by atoms with Crippen molar-refractivity contribution in [1.29, 1.82) is 0 Å². The Kier molecular flexibility index (Phi) is 2.61. The molecule has 16 heavy (non-hydrogen) atoms. The molecule has 3 rings (SSSR count). The Bertz CT molecular complexity index is 407. The van der Waals surface area contributed by atoms with Gasteiger partial charge in [-0.05, 0) is 5.56 Å². The third-order valence-electron chi connectivity index (χ3n) is 3.06. The van der Waals surface area contributed by atoms with Crippen molar-refractivity contribution < 1.29 is 5.11 Å². The summed E-state index contributed by atoms with van der Waals surface area (Å²) in [5, 5.41) is 10.8. The van der Waals surface area contributed by atoms with Crippen molar-refractivity contribution in [1.82, 2.24) is 4.90 Å². The van der Waals surface area contributed by atoms with Crippen LogP contribution >= 0.6 is 11.8 Å². The molecule has 2 aliphatic rings. The maximum absolute atomic E-state index is 9.76. The molecule has 0 spiro atoms. The van der Waals surface area contributed by atoms with E-state index in [-0.39, 0.29) is 0 Å². The summed E-state index contributed by atoms with van der Waals surface area (Å²) < 4.78 is 0. The first-order valence-electron chi connectivity index (χ1n) is 5.55. The fourth-order valence-corrected chi connectivity index (χ4v) is 3.36. The monoisotopic (exact) mass is 234 g/mol. The van der Waals surface area contributed by atoms with Gasteiger partial charge < -0.3 is 10.0 Å². The van der Waals surface area contributed by atoms with E-state index in [4.69, 9.17) is 0 Å². The molecule has 2 aliphatic heterocycles. The van der Waals surface area contributed by atoms with E-state index in [1.54, 1.807) is 11.8 Å². The highest BCUT2D eigenvalue weighted by Gasteiger charge is 2.33. The van der Waals surface area contributed by atoms with E-state index in [1.165, 1.54) is 5.56 Å². The minimum atomic E-state index is -0.540. The molecule has 0 aromatic heterocycles. The van der Waals surface area contributed by atoms with Gasteiger partial charge in [-0.15, -0.1) is 0 Å². The highest BCUT2D eigenvalue weighted by atomic mass is 32.2. The van der Waals surface area contributed by atoms with E-state index >= 15 is 0 Å². The Hall–Kier alpha value is -1.00. The van der Waals surface area contributed by atoms with Crippen LogP contribution in [0.2, 0.25) is 0 Å². The number of amidine groups is 1. The predicted octanol–water partition coefficient (Wildman–Crippen LogP) is 1.85. The van der Waals surface area contributed by atoms with Gasteiger partial charge in [0.2, 0.25) is 0 Å². The van der Waals surface area contributed by atoms with Crippen LogP contribution in [0, 0.1) is 0 Å². The molecule has 3 nitrogen and oxygen atoms in total. The smallest absolute Gasteiger partial charge is 0.162 e. The van der Waals surface area contributed by atoms with Crippen molar-refractivity contribution in [3.05, 3.63) is 35.9 Å². The Labute approximate surface area is 99.2 Å². The minimum absolute atomic E-state index is 0.290. The lowest BCUT2D eigenvalue weighted by Gasteiger charge is -2.34. The Balaban J connectivity index is 1.94. The molecule has 84 valence electrons. The van der Waals surface area contributed by atoms with Gasteiger partial charge in [-0.25, -0.2) is 4.99 Å². The number of nitrogens with zero attached hydrogens (tertiary/aromatic N) is 2. The molecule has 4 heteroatoms. The number of thioether (sulfide) groups is 1. The molecule has 1 saturated heterocycles. The van der Waals surface area contributed by atoms with Crippen molar-refractivity contribution in [2.75, 3.05) is 12.3 Å². The maximum Gasteiger partial charge on any atom is 0.162 e. The zero-order chi connectivity index (χ0) is 11.0. The molecule has 0 amide bonds. The Morgan fingerprint density at radius 1 is 1.31 bits per heavy atom. The number of rotatable bonds is 1. The molecule has 0 saturated carbocycles. The molecule has 2 heterocycles. The molecular weight excluding hydrogens is 220 g/mol. The van der Waals surface area contributed by atoms with Gasteiger partial charge in [0.25, 0.3) is 0 Å². The number of aliphatic hydroxyl groups is 1. The average Bonchev–Trinajstić information content (AvgIpc) is 2.77.